The smallest absolute Gasteiger partial charge is 0.317 e. The number of carbonyl (C=O) groups excluding carboxylic acids is 1. The van der Waals surface area contributed by atoms with E-state index in [0.717, 1.165) is 57.5 Å². The first kappa shape index (κ1) is 20.5. The maximum atomic E-state index is 12.3. The van der Waals surface area contributed by atoms with Crippen molar-refractivity contribution in [1.82, 2.24) is 20.0 Å². The normalized spacial score (nSPS) is 26.2. The van der Waals surface area contributed by atoms with Crippen LogP contribution in [0, 0.1) is 17.8 Å². The highest BCUT2D eigenvalue weighted by Gasteiger charge is 2.22. The Morgan fingerprint density at radius 3 is 2.24 bits per heavy atom. The Morgan fingerprint density at radius 2 is 1.64 bits per heavy atom. The lowest BCUT2D eigenvalue weighted by molar-refractivity contribution is 0.130. The van der Waals surface area contributed by atoms with Crippen molar-refractivity contribution in [3.05, 3.63) is 0 Å². The van der Waals surface area contributed by atoms with Crippen molar-refractivity contribution in [3.8, 4) is 0 Å². The molecule has 2 amide bonds. The Labute approximate surface area is 155 Å². The van der Waals surface area contributed by atoms with Crippen molar-refractivity contribution in [2.75, 3.05) is 58.9 Å². The fourth-order valence-electron chi connectivity index (χ4n) is 4.39. The van der Waals surface area contributed by atoms with E-state index in [-0.39, 0.29) is 6.03 Å². The molecule has 2 unspecified atom stereocenters. The van der Waals surface area contributed by atoms with Gasteiger partial charge in [0, 0.05) is 52.4 Å². The van der Waals surface area contributed by atoms with Crippen LogP contribution in [0.5, 0.6) is 0 Å². The van der Waals surface area contributed by atoms with E-state index in [2.05, 4.69) is 42.8 Å². The zero-order valence-electron chi connectivity index (χ0n) is 17.0. The number of nitrogens with one attached hydrogen (secondary N) is 1. The quantitative estimate of drug-likeness (QED) is 0.716. The van der Waals surface area contributed by atoms with Crippen molar-refractivity contribution < 1.29 is 4.79 Å². The molecule has 5 heteroatoms. The van der Waals surface area contributed by atoms with E-state index >= 15 is 0 Å². The highest BCUT2D eigenvalue weighted by Crippen LogP contribution is 2.20. The molecule has 5 nitrogen and oxygen atoms in total. The van der Waals surface area contributed by atoms with Gasteiger partial charge in [-0.3, -0.25) is 4.90 Å². The molecule has 25 heavy (non-hydrogen) atoms. The lowest BCUT2D eigenvalue weighted by Gasteiger charge is -2.35. The fraction of sp³-hybridized carbons (Fsp3) is 0.950. The molecule has 1 N–H and O–H groups in total. The number of piperazine rings is 1. The number of nitrogens with zero attached hydrogens (tertiary/aromatic N) is 3. The van der Waals surface area contributed by atoms with E-state index in [1.54, 1.807) is 0 Å². The Morgan fingerprint density at radius 1 is 1.00 bits per heavy atom. The van der Waals surface area contributed by atoms with Gasteiger partial charge in [0.1, 0.15) is 0 Å². The zero-order valence-corrected chi connectivity index (χ0v) is 17.0. The molecular formula is C20H40N4O. The standard InChI is InChI=1S/C20H40N4O/c1-17(2)14-22-9-11-24(12-10-22)20(25)21-7-5-6-8-23-15-18(3)13-19(4)16-23/h17-19H,5-16H2,1-4H3,(H,21,25). The second kappa shape index (κ2) is 10.4. The van der Waals surface area contributed by atoms with Gasteiger partial charge in [0.15, 0.2) is 0 Å². The predicted octanol–water partition coefficient (Wildman–Crippen LogP) is 2.73. The monoisotopic (exact) mass is 352 g/mol. The Bertz CT molecular complexity index is 383. The van der Waals surface area contributed by atoms with Crippen LogP contribution >= 0.6 is 0 Å². The van der Waals surface area contributed by atoms with Crippen molar-refractivity contribution in [2.24, 2.45) is 17.8 Å². The van der Waals surface area contributed by atoms with E-state index in [1.807, 2.05) is 4.90 Å². The number of piperidine rings is 1. The number of carbonyl (C=O) groups is 1. The van der Waals surface area contributed by atoms with Gasteiger partial charge in [0.2, 0.25) is 0 Å². The molecule has 146 valence electrons. The molecule has 0 aromatic rings. The molecule has 2 aliphatic rings. The Balaban J connectivity index is 1.53. The molecule has 2 heterocycles. The van der Waals surface area contributed by atoms with Crippen LogP contribution in [-0.4, -0.2) is 79.6 Å². The summed E-state index contributed by atoms with van der Waals surface area (Å²) in [7, 11) is 0. The lowest BCUT2D eigenvalue weighted by atomic mass is 9.92. The van der Waals surface area contributed by atoms with Gasteiger partial charge in [-0.15, -0.1) is 0 Å². The molecular weight excluding hydrogens is 312 g/mol. The molecule has 2 saturated heterocycles. The fourth-order valence-corrected chi connectivity index (χ4v) is 4.39. The Hall–Kier alpha value is -0.810. The number of hydrogen-bond donors (Lipinski definition) is 1. The van der Waals surface area contributed by atoms with Crippen LogP contribution < -0.4 is 5.32 Å². The van der Waals surface area contributed by atoms with E-state index in [4.69, 9.17) is 0 Å². The molecule has 2 fully saturated rings. The molecule has 0 aromatic heterocycles. The van der Waals surface area contributed by atoms with Gasteiger partial charge in [-0.2, -0.15) is 0 Å². The lowest BCUT2D eigenvalue weighted by Crippen LogP contribution is -2.52. The van der Waals surface area contributed by atoms with Crippen LogP contribution in [0.2, 0.25) is 0 Å². The van der Waals surface area contributed by atoms with E-state index in [0.29, 0.717) is 5.92 Å². The molecule has 2 aliphatic heterocycles. The van der Waals surface area contributed by atoms with Crippen LogP contribution in [0.15, 0.2) is 0 Å². The van der Waals surface area contributed by atoms with Gasteiger partial charge >= 0.3 is 6.03 Å². The van der Waals surface area contributed by atoms with Crippen LogP contribution in [0.1, 0.15) is 47.0 Å². The third kappa shape index (κ3) is 7.53. The third-order valence-corrected chi connectivity index (χ3v) is 5.40. The van der Waals surface area contributed by atoms with Crippen LogP contribution in [-0.2, 0) is 0 Å². The van der Waals surface area contributed by atoms with Crippen LogP contribution in [0.3, 0.4) is 0 Å². The average Bonchev–Trinajstić information content (AvgIpc) is 2.53. The summed E-state index contributed by atoms with van der Waals surface area (Å²) in [6.45, 7) is 18.6. The molecule has 0 saturated carbocycles. The molecule has 2 rings (SSSR count). The highest BCUT2D eigenvalue weighted by atomic mass is 16.2. The van der Waals surface area contributed by atoms with Crippen LogP contribution in [0.4, 0.5) is 4.79 Å². The largest absolute Gasteiger partial charge is 0.338 e. The maximum absolute atomic E-state index is 12.3. The van der Waals surface area contributed by atoms with E-state index < -0.39 is 0 Å². The van der Waals surface area contributed by atoms with Gasteiger partial charge in [0.25, 0.3) is 0 Å². The summed E-state index contributed by atoms with van der Waals surface area (Å²) in [5.74, 6) is 2.36. The third-order valence-electron chi connectivity index (χ3n) is 5.40. The Kier molecular flexibility index (Phi) is 8.50. The molecule has 2 atom stereocenters. The minimum absolute atomic E-state index is 0.129. The minimum Gasteiger partial charge on any atom is -0.338 e. The van der Waals surface area contributed by atoms with Gasteiger partial charge in [-0.1, -0.05) is 27.7 Å². The number of amides is 2. The second-order valence-corrected chi connectivity index (χ2v) is 8.83. The summed E-state index contributed by atoms with van der Waals surface area (Å²) >= 11 is 0. The molecule has 0 radical (unpaired) electrons. The predicted molar refractivity (Wildman–Crippen MR) is 105 cm³/mol. The van der Waals surface area contributed by atoms with Crippen molar-refractivity contribution in [1.29, 1.82) is 0 Å². The summed E-state index contributed by atoms with van der Waals surface area (Å²) in [6, 6.07) is 0.129. The topological polar surface area (TPSA) is 38.8 Å². The first-order valence-electron chi connectivity index (χ1n) is 10.4. The summed E-state index contributed by atoms with van der Waals surface area (Å²) in [4.78, 5) is 19.3. The summed E-state index contributed by atoms with van der Waals surface area (Å²) in [5, 5.41) is 3.11. The summed E-state index contributed by atoms with van der Waals surface area (Å²) in [5.41, 5.74) is 0. The zero-order chi connectivity index (χ0) is 18.2. The SMILES string of the molecule is CC(C)CN1CCN(C(=O)NCCCCN2CC(C)CC(C)C2)CC1. The summed E-state index contributed by atoms with van der Waals surface area (Å²) < 4.78 is 0. The molecule has 0 aliphatic carbocycles. The second-order valence-electron chi connectivity index (χ2n) is 8.83. The highest BCUT2D eigenvalue weighted by molar-refractivity contribution is 5.74. The average molecular weight is 353 g/mol. The summed E-state index contributed by atoms with van der Waals surface area (Å²) in [6.07, 6.45) is 3.64. The minimum atomic E-state index is 0.129. The van der Waals surface area contributed by atoms with Gasteiger partial charge in [-0.05, 0) is 43.6 Å². The van der Waals surface area contributed by atoms with Gasteiger partial charge in [0.05, 0.1) is 0 Å². The van der Waals surface area contributed by atoms with Crippen LogP contribution in [0.25, 0.3) is 0 Å². The van der Waals surface area contributed by atoms with Crippen molar-refractivity contribution in [2.45, 2.75) is 47.0 Å². The molecule has 0 spiro atoms. The maximum Gasteiger partial charge on any atom is 0.317 e. The number of hydrogen-bond acceptors (Lipinski definition) is 3. The number of likely N-dealkylation sites (tertiary alicyclic amines) is 1. The number of unbranched alkanes of at least 4 members (excludes halogenated alkanes) is 1. The van der Waals surface area contributed by atoms with Crippen molar-refractivity contribution >= 4 is 6.03 Å². The number of urea groups is 1. The van der Waals surface area contributed by atoms with E-state index in [9.17, 15) is 4.79 Å². The molecule has 0 aromatic carbocycles. The number of rotatable bonds is 7. The first-order chi connectivity index (χ1) is 11.9. The first-order valence-corrected chi connectivity index (χ1v) is 10.4. The van der Waals surface area contributed by atoms with E-state index in [1.165, 1.54) is 32.5 Å². The van der Waals surface area contributed by atoms with Gasteiger partial charge < -0.3 is 15.1 Å². The van der Waals surface area contributed by atoms with Gasteiger partial charge in [-0.25, -0.2) is 4.79 Å². The molecule has 0 bridgehead atoms. The van der Waals surface area contributed by atoms with Crippen molar-refractivity contribution in [3.63, 3.8) is 0 Å².